The first kappa shape index (κ1) is 18.6. The minimum absolute atomic E-state index is 0.0647. The number of hydrogen-bond donors (Lipinski definition) is 0. The number of hydrogen-bond acceptors (Lipinski definition) is 6. The first-order chi connectivity index (χ1) is 13.7. The number of carbonyl (C=O) groups is 1. The van der Waals surface area contributed by atoms with Crippen molar-refractivity contribution < 1.29 is 14.1 Å². The number of likely N-dealkylation sites (tertiary alicyclic amines) is 1. The van der Waals surface area contributed by atoms with Crippen molar-refractivity contribution in [2.24, 2.45) is 0 Å². The highest BCUT2D eigenvalue weighted by molar-refractivity contribution is 7.98. The van der Waals surface area contributed by atoms with E-state index in [0.717, 1.165) is 11.1 Å². The number of amides is 1. The lowest BCUT2D eigenvalue weighted by Gasteiger charge is -2.16. The van der Waals surface area contributed by atoms with Crippen LogP contribution in [0, 0.1) is 0 Å². The Bertz CT molecular complexity index is 971. The van der Waals surface area contributed by atoms with Gasteiger partial charge < -0.3 is 14.2 Å². The fourth-order valence-corrected chi connectivity index (χ4v) is 3.79. The Balaban J connectivity index is 1.47. The molecule has 1 unspecified atom stereocenters. The summed E-state index contributed by atoms with van der Waals surface area (Å²) in [6.45, 7) is 1.19. The lowest BCUT2D eigenvalue weighted by Crippen LogP contribution is -2.24. The maximum atomic E-state index is 12.5. The largest absolute Gasteiger partial charge is 0.496 e. The fourth-order valence-electron chi connectivity index (χ4n) is 3.38. The summed E-state index contributed by atoms with van der Waals surface area (Å²) < 4.78 is 10.8. The molecule has 1 saturated heterocycles. The predicted octanol–water partition coefficient (Wildman–Crippen LogP) is 3.98. The first-order valence-corrected chi connectivity index (χ1v) is 10.3. The Hall–Kier alpha value is -2.80. The molecule has 3 aromatic rings. The van der Waals surface area contributed by atoms with Gasteiger partial charge in [0.15, 0.2) is 5.82 Å². The van der Waals surface area contributed by atoms with Crippen molar-refractivity contribution in [3.63, 3.8) is 0 Å². The van der Waals surface area contributed by atoms with E-state index in [1.165, 1.54) is 4.90 Å². The highest BCUT2D eigenvalue weighted by Crippen LogP contribution is 2.32. The number of para-hydroxylation sites is 1. The molecule has 2 heterocycles. The lowest BCUT2D eigenvalue weighted by atomic mass is 10.1. The second-order valence-corrected chi connectivity index (χ2v) is 7.56. The van der Waals surface area contributed by atoms with Gasteiger partial charge in [0, 0.05) is 30.3 Å². The van der Waals surface area contributed by atoms with Crippen LogP contribution in [0.5, 0.6) is 5.75 Å². The van der Waals surface area contributed by atoms with Gasteiger partial charge in [-0.25, -0.2) is 0 Å². The van der Waals surface area contributed by atoms with Crippen LogP contribution in [-0.4, -0.2) is 40.9 Å². The molecule has 1 aromatic heterocycles. The Kier molecular flexibility index (Phi) is 5.34. The molecule has 2 aromatic carbocycles. The van der Waals surface area contributed by atoms with Gasteiger partial charge in [0.1, 0.15) is 5.75 Å². The number of rotatable bonds is 6. The van der Waals surface area contributed by atoms with E-state index < -0.39 is 0 Å². The molecule has 0 aliphatic carbocycles. The molecular weight excluding hydrogens is 374 g/mol. The van der Waals surface area contributed by atoms with Crippen LogP contribution in [0.4, 0.5) is 0 Å². The van der Waals surface area contributed by atoms with Crippen LogP contribution in [0.25, 0.3) is 11.5 Å². The van der Waals surface area contributed by atoms with E-state index in [0.29, 0.717) is 37.0 Å². The molecule has 0 saturated carbocycles. The number of ether oxygens (including phenoxy) is 1. The predicted molar refractivity (Wildman–Crippen MR) is 107 cm³/mol. The van der Waals surface area contributed by atoms with E-state index in [9.17, 15) is 4.79 Å². The maximum Gasteiger partial charge on any atom is 0.261 e. The standard InChI is InChI=1S/C21H21N3O3S/c1-26-18-6-4-3-5-17(18)21-22-20(23-27-21)15-11-19(25)24(13-15)12-14-7-9-16(28-2)10-8-14/h3-10,15H,11-13H2,1-2H3. The normalized spacial score (nSPS) is 16.6. The molecule has 7 heteroatoms. The summed E-state index contributed by atoms with van der Waals surface area (Å²) in [7, 11) is 1.61. The van der Waals surface area contributed by atoms with Gasteiger partial charge >= 0.3 is 0 Å². The van der Waals surface area contributed by atoms with Crippen LogP contribution < -0.4 is 4.74 Å². The van der Waals surface area contributed by atoms with E-state index in [2.05, 4.69) is 34.4 Å². The van der Waals surface area contributed by atoms with Crippen molar-refractivity contribution in [2.75, 3.05) is 19.9 Å². The summed E-state index contributed by atoms with van der Waals surface area (Å²) in [5.74, 6) is 1.70. The summed E-state index contributed by atoms with van der Waals surface area (Å²) in [4.78, 5) is 20.1. The van der Waals surface area contributed by atoms with Crippen LogP contribution in [0.3, 0.4) is 0 Å². The van der Waals surface area contributed by atoms with E-state index in [1.807, 2.05) is 35.4 Å². The van der Waals surface area contributed by atoms with Crippen LogP contribution in [0.2, 0.25) is 0 Å². The number of thioether (sulfide) groups is 1. The Morgan fingerprint density at radius 3 is 2.75 bits per heavy atom. The van der Waals surface area contributed by atoms with E-state index in [4.69, 9.17) is 9.26 Å². The minimum Gasteiger partial charge on any atom is -0.496 e. The highest BCUT2D eigenvalue weighted by Gasteiger charge is 2.34. The van der Waals surface area contributed by atoms with Gasteiger partial charge in [-0.05, 0) is 36.1 Å². The molecule has 144 valence electrons. The molecule has 0 spiro atoms. The van der Waals surface area contributed by atoms with Crippen molar-refractivity contribution in [1.29, 1.82) is 0 Å². The summed E-state index contributed by atoms with van der Waals surface area (Å²) in [6.07, 6.45) is 2.45. The maximum absolute atomic E-state index is 12.5. The molecule has 6 nitrogen and oxygen atoms in total. The number of benzene rings is 2. The van der Waals surface area contributed by atoms with Crippen LogP contribution in [0.1, 0.15) is 23.7 Å². The second kappa shape index (κ2) is 8.06. The molecule has 0 N–H and O–H groups in total. The van der Waals surface area contributed by atoms with Gasteiger partial charge in [-0.1, -0.05) is 29.4 Å². The number of aromatic nitrogens is 2. The van der Waals surface area contributed by atoms with Crippen LogP contribution in [-0.2, 0) is 11.3 Å². The molecule has 0 bridgehead atoms. The van der Waals surface area contributed by atoms with Crippen molar-refractivity contribution in [2.45, 2.75) is 23.8 Å². The van der Waals surface area contributed by atoms with Gasteiger partial charge in [-0.3, -0.25) is 4.79 Å². The molecule has 1 amide bonds. The monoisotopic (exact) mass is 395 g/mol. The summed E-state index contributed by atoms with van der Waals surface area (Å²) >= 11 is 1.71. The summed E-state index contributed by atoms with van der Waals surface area (Å²) in [6, 6.07) is 15.8. The quantitative estimate of drug-likeness (QED) is 0.588. The fraction of sp³-hybridized carbons (Fsp3) is 0.286. The smallest absolute Gasteiger partial charge is 0.261 e. The second-order valence-electron chi connectivity index (χ2n) is 6.68. The molecule has 4 rings (SSSR count). The molecular formula is C21H21N3O3S. The molecule has 1 fully saturated rings. The van der Waals surface area contributed by atoms with Gasteiger partial charge in [0.05, 0.1) is 12.7 Å². The van der Waals surface area contributed by atoms with E-state index >= 15 is 0 Å². The van der Waals surface area contributed by atoms with E-state index in [1.54, 1.807) is 18.9 Å². The number of carbonyl (C=O) groups excluding carboxylic acids is 1. The SMILES string of the molecule is COc1ccccc1-c1nc(C2CC(=O)N(Cc3ccc(SC)cc3)C2)no1. The third-order valence-electron chi connectivity index (χ3n) is 4.89. The van der Waals surface area contributed by atoms with Crippen LogP contribution in [0.15, 0.2) is 57.9 Å². The topological polar surface area (TPSA) is 68.5 Å². The number of nitrogens with zero attached hydrogens (tertiary/aromatic N) is 3. The van der Waals surface area contributed by atoms with Crippen molar-refractivity contribution in [1.82, 2.24) is 15.0 Å². The van der Waals surface area contributed by atoms with Crippen LogP contribution >= 0.6 is 11.8 Å². The van der Waals surface area contributed by atoms with Gasteiger partial charge in [0.25, 0.3) is 5.89 Å². The Morgan fingerprint density at radius 2 is 2.00 bits per heavy atom. The van der Waals surface area contributed by atoms with Crippen molar-refractivity contribution >= 4 is 17.7 Å². The molecule has 0 radical (unpaired) electrons. The lowest BCUT2D eigenvalue weighted by molar-refractivity contribution is -0.128. The zero-order valence-electron chi connectivity index (χ0n) is 15.8. The van der Waals surface area contributed by atoms with Crippen molar-refractivity contribution in [3.05, 3.63) is 59.9 Å². The average molecular weight is 395 g/mol. The Labute approximate surface area is 167 Å². The summed E-state index contributed by atoms with van der Waals surface area (Å²) in [5.41, 5.74) is 1.87. The van der Waals surface area contributed by atoms with Gasteiger partial charge in [-0.15, -0.1) is 11.8 Å². The zero-order valence-corrected chi connectivity index (χ0v) is 16.6. The molecule has 1 atom stereocenters. The van der Waals surface area contributed by atoms with Crippen molar-refractivity contribution in [3.8, 4) is 17.2 Å². The minimum atomic E-state index is -0.0647. The molecule has 1 aliphatic rings. The average Bonchev–Trinajstić information content (AvgIpc) is 3.36. The van der Waals surface area contributed by atoms with Gasteiger partial charge in [-0.2, -0.15) is 4.98 Å². The number of methoxy groups -OCH3 is 1. The van der Waals surface area contributed by atoms with Gasteiger partial charge in [0.2, 0.25) is 5.91 Å². The zero-order chi connectivity index (χ0) is 19.5. The molecule has 28 heavy (non-hydrogen) atoms. The third-order valence-corrected chi connectivity index (χ3v) is 5.63. The third kappa shape index (κ3) is 3.75. The van der Waals surface area contributed by atoms with E-state index in [-0.39, 0.29) is 11.8 Å². The first-order valence-electron chi connectivity index (χ1n) is 9.05. The molecule has 1 aliphatic heterocycles. The Morgan fingerprint density at radius 1 is 1.21 bits per heavy atom. The highest BCUT2D eigenvalue weighted by atomic mass is 32.2. The summed E-state index contributed by atoms with van der Waals surface area (Å²) in [5, 5.41) is 4.13.